The maximum Gasteiger partial charge on any atom is 0.338 e. The summed E-state index contributed by atoms with van der Waals surface area (Å²) in [5.41, 5.74) is 1.19. The van der Waals surface area contributed by atoms with Crippen molar-refractivity contribution in [1.82, 2.24) is 4.90 Å². The van der Waals surface area contributed by atoms with Crippen LogP contribution in [-0.2, 0) is 14.3 Å². The van der Waals surface area contributed by atoms with Gasteiger partial charge in [0.25, 0.3) is 5.91 Å². The van der Waals surface area contributed by atoms with E-state index in [1.165, 1.54) is 25.7 Å². The lowest BCUT2D eigenvalue weighted by Crippen LogP contribution is -2.46. The van der Waals surface area contributed by atoms with Crippen molar-refractivity contribution in [3.05, 3.63) is 29.8 Å². The quantitative estimate of drug-likeness (QED) is 0.749. The van der Waals surface area contributed by atoms with E-state index >= 15 is 0 Å². The van der Waals surface area contributed by atoms with Crippen LogP contribution in [0.15, 0.2) is 24.3 Å². The van der Waals surface area contributed by atoms with Gasteiger partial charge in [-0.15, -0.1) is 0 Å². The number of nitrogens with zero attached hydrogens (tertiary/aromatic N) is 2. The molecule has 0 bridgehead atoms. The van der Waals surface area contributed by atoms with E-state index in [9.17, 15) is 14.4 Å². The molecule has 2 heterocycles. The molecule has 1 aromatic rings. The Balaban J connectivity index is 1.28. The molecule has 4 rings (SSSR count). The van der Waals surface area contributed by atoms with Gasteiger partial charge in [-0.2, -0.15) is 0 Å². The molecule has 3 aliphatic rings. The fraction of sp³-hybridized carbons (Fsp3) is 0.591. The second-order valence-corrected chi connectivity index (χ2v) is 8.20. The second kappa shape index (κ2) is 8.33. The van der Waals surface area contributed by atoms with Crippen LogP contribution in [-0.4, -0.2) is 48.9 Å². The maximum atomic E-state index is 12.5. The van der Waals surface area contributed by atoms with E-state index in [4.69, 9.17) is 4.74 Å². The third kappa shape index (κ3) is 4.05. The summed E-state index contributed by atoms with van der Waals surface area (Å²) >= 11 is 0. The lowest BCUT2D eigenvalue weighted by Gasteiger charge is -2.41. The van der Waals surface area contributed by atoms with Crippen molar-refractivity contribution < 1.29 is 19.1 Å². The Morgan fingerprint density at radius 3 is 2.43 bits per heavy atom. The number of hydrogen-bond donors (Lipinski definition) is 0. The van der Waals surface area contributed by atoms with E-state index in [0.29, 0.717) is 17.9 Å². The number of carbonyl (C=O) groups is 3. The highest BCUT2D eigenvalue weighted by atomic mass is 16.5. The van der Waals surface area contributed by atoms with Crippen LogP contribution in [0, 0.1) is 11.8 Å². The number of carbonyl (C=O) groups excluding carboxylic acids is 3. The molecule has 2 saturated heterocycles. The summed E-state index contributed by atoms with van der Waals surface area (Å²) in [6.07, 6.45) is 7.59. The number of ether oxygens (including phenoxy) is 1. The average molecular weight is 384 g/mol. The molecule has 0 unspecified atom stereocenters. The van der Waals surface area contributed by atoms with Gasteiger partial charge in [-0.25, -0.2) is 4.79 Å². The highest BCUT2D eigenvalue weighted by Crippen LogP contribution is 2.36. The van der Waals surface area contributed by atoms with Gasteiger partial charge in [0.1, 0.15) is 0 Å². The van der Waals surface area contributed by atoms with Gasteiger partial charge in [0.15, 0.2) is 6.61 Å². The molecule has 0 N–H and O–H groups in total. The molecule has 2 aliphatic heterocycles. The zero-order valence-corrected chi connectivity index (χ0v) is 16.3. The molecule has 0 aromatic heterocycles. The van der Waals surface area contributed by atoms with Crippen molar-refractivity contribution in [2.24, 2.45) is 11.8 Å². The van der Waals surface area contributed by atoms with Gasteiger partial charge in [0, 0.05) is 31.7 Å². The van der Waals surface area contributed by atoms with Crippen molar-refractivity contribution in [3.63, 3.8) is 0 Å². The average Bonchev–Trinajstić information content (AvgIpc) is 3.17. The number of rotatable bonds is 4. The second-order valence-electron chi connectivity index (χ2n) is 8.20. The molecule has 6 nitrogen and oxygen atoms in total. The number of amides is 2. The first-order chi connectivity index (χ1) is 13.6. The smallest absolute Gasteiger partial charge is 0.338 e. The van der Waals surface area contributed by atoms with Crippen LogP contribution in [0.5, 0.6) is 0 Å². The standard InChI is InChI=1S/C22H28N2O4/c25-20-6-3-12-24(20)19-9-7-17(8-10-19)22(27)28-15-21(26)23-13-11-16-4-1-2-5-18(16)14-23/h7-10,16,18H,1-6,11-15H2/t16-,18-/m0/s1. The Morgan fingerprint density at radius 1 is 0.964 bits per heavy atom. The van der Waals surface area contributed by atoms with E-state index < -0.39 is 5.97 Å². The largest absolute Gasteiger partial charge is 0.452 e. The molecule has 1 aromatic carbocycles. The minimum atomic E-state index is -0.500. The summed E-state index contributed by atoms with van der Waals surface area (Å²) in [5.74, 6) is 0.892. The third-order valence-electron chi connectivity index (χ3n) is 6.46. The van der Waals surface area contributed by atoms with Gasteiger partial charge >= 0.3 is 5.97 Å². The number of hydrogen-bond acceptors (Lipinski definition) is 4. The van der Waals surface area contributed by atoms with Gasteiger partial charge in [-0.3, -0.25) is 9.59 Å². The predicted molar refractivity (Wildman–Crippen MR) is 105 cm³/mol. The van der Waals surface area contributed by atoms with Crippen LogP contribution < -0.4 is 4.90 Å². The zero-order valence-electron chi connectivity index (χ0n) is 16.3. The number of esters is 1. The molecule has 3 fully saturated rings. The number of anilines is 1. The van der Waals surface area contributed by atoms with Crippen molar-refractivity contribution in [2.45, 2.75) is 44.9 Å². The van der Waals surface area contributed by atoms with Gasteiger partial charge in [0.2, 0.25) is 5.91 Å². The Hall–Kier alpha value is -2.37. The van der Waals surface area contributed by atoms with Gasteiger partial charge in [-0.05, 0) is 55.4 Å². The summed E-state index contributed by atoms with van der Waals surface area (Å²) in [6, 6.07) is 6.83. The van der Waals surface area contributed by atoms with Crippen LogP contribution in [0.3, 0.4) is 0 Å². The van der Waals surface area contributed by atoms with E-state index in [1.807, 2.05) is 4.90 Å². The van der Waals surface area contributed by atoms with Crippen LogP contribution in [0.25, 0.3) is 0 Å². The lowest BCUT2D eigenvalue weighted by molar-refractivity contribution is -0.137. The first-order valence-corrected chi connectivity index (χ1v) is 10.5. The highest BCUT2D eigenvalue weighted by molar-refractivity contribution is 5.96. The first kappa shape index (κ1) is 19.0. The molecule has 2 amide bonds. The monoisotopic (exact) mass is 384 g/mol. The molecule has 1 saturated carbocycles. The van der Waals surface area contributed by atoms with E-state index in [1.54, 1.807) is 29.2 Å². The van der Waals surface area contributed by atoms with Gasteiger partial charge in [-0.1, -0.05) is 19.3 Å². The van der Waals surface area contributed by atoms with E-state index in [0.717, 1.165) is 44.1 Å². The maximum absolute atomic E-state index is 12.5. The van der Waals surface area contributed by atoms with Crippen molar-refractivity contribution in [1.29, 1.82) is 0 Å². The minimum Gasteiger partial charge on any atom is -0.452 e. The highest BCUT2D eigenvalue weighted by Gasteiger charge is 2.33. The molecule has 2 atom stereocenters. The Labute approximate surface area is 165 Å². The summed E-state index contributed by atoms with van der Waals surface area (Å²) in [7, 11) is 0. The van der Waals surface area contributed by atoms with Crippen molar-refractivity contribution in [2.75, 3.05) is 31.1 Å². The molecule has 6 heteroatoms. The van der Waals surface area contributed by atoms with Crippen LogP contribution in [0.1, 0.15) is 55.3 Å². The molecular formula is C22H28N2O4. The van der Waals surface area contributed by atoms with Crippen LogP contribution in [0.2, 0.25) is 0 Å². The minimum absolute atomic E-state index is 0.100. The van der Waals surface area contributed by atoms with E-state index in [2.05, 4.69) is 0 Å². The summed E-state index contributed by atoms with van der Waals surface area (Å²) in [4.78, 5) is 40.2. The number of benzene rings is 1. The predicted octanol–water partition coefficient (Wildman–Crippen LogP) is 3.01. The molecule has 0 radical (unpaired) electrons. The Kier molecular flexibility index (Phi) is 5.64. The van der Waals surface area contributed by atoms with E-state index in [-0.39, 0.29) is 18.4 Å². The zero-order chi connectivity index (χ0) is 19.5. The third-order valence-corrected chi connectivity index (χ3v) is 6.46. The Bertz CT molecular complexity index is 745. The van der Waals surface area contributed by atoms with Gasteiger partial charge < -0.3 is 14.5 Å². The lowest BCUT2D eigenvalue weighted by atomic mass is 9.75. The van der Waals surface area contributed by atoms with Crippen molar-refractivity contribution in [3.8, 4) is 0 Å². The summed E-state index contributed by atoms with van der Waals surface area (Å²) in [5, 5.41) is 0. The topological polar surface area (TPSA) is 66.9 Å². The molecule has 150 valence electrons. The number of fused-ring (bicyclic) bond motifs is 1. The SMILES string of the molecule is O=C(OCC(=O)N1CC[C@@H]2CCCC[C@H]2C1)c1ccc(N2CCCC2=O)cc1. The molecule has 1 aliphatic carbocycles. The van der Waals surface area contributed by atoms with Crippen LogP contribution >= 0.6 is 0 Å². The molecule has 28 heavy (non-hydrogen) atoms. The molecule has 0 spiro atoms. The summed E-state index contributed by atoms with van der Waals surface area (Å²) < 4.78 is 5.25. The number of piperidine rings is 1. The van der Waals surface area contributed by atoms with Crippen LogP contribution in [0.4, 0.5) is 5.69 Å². The fourth-order valence-corrected chi connectivity index (χ4v) is 4.83. The first-order valence-electron chi connectivity index (χ1n) is 10.5. The number of likely N-dealkylation sites (tertiary alicyclic amines) is 1. The van der Waals surface area contributed by atoms with Gasteiger partial charge in [0.05, 0.1) is 5.56 Å². The van der Waals surface area contributed by atoms with Crippen molar-refractivity contribution >= 4 is 23.5 Å². The Morgan fingerprint density at radius 2 is 1.71 bits per heavy atom. The summed E-state index contributed by atoms with van der Waals surface area (Å²) in [6.45, 7) is 2.09. The fourth-order valence-electron chi connectivity index (χ4n) is 4.83. The molecular weight excluding hydrogens is 356 g/mol. The normalized spacial score (nSPS) is 24.8.